The third-order valence-corrected chi connectivity index (χ3v) is 7.68. The number of carbonyl (C=O) groups excluding carboxylic acids is 2. The number of hydrogen-bond acceptors (Lipinski definition) is 5. The van der Waals surface area contributed by atoms with Crippen LogP contribution >= 0.6 is 11.8 Å². The van der Waals surface area contributed by atoms with Gasteiger partial charge in [-0.1, -0.05) is 12.1 Å². The van der Waals surface area contributed by atoms with Gasteiger partial charge >= 0.3 is 0 Å². The van der Waals surface area contributed by atoms with Crippen LogP contribution in [-0.4, -0.2) is 43.5 Å². The molecule has 4 rings (SSSR count). The Morgan fingerprint density at radius 2 is 1.87 bits per heavy atom. The van der Waals surface area contributed by atoms with Crippen LogP contribution in [0, 0.1) is 5.82 Å². The van der Waals surface area contributed by atoms with Crippen LogP contribution in [-0.2, 0) is 26.2 Å². The lowest BCUT2D eigenvalue weighted by Gasteiger charge is -2.27. The van der Waals surface area contributed by atoms with Gasteiger partial charge in [0.1, 0.15) is 5.82 Å². The molecule has 0 aromatic heterocycles. The van der Waals surface area contributed by atoms with Crippen molar-refractivity contribution >= 4 is 39.3 Å². The van der Waals surface area contributed by atoms with Crippen molar-refractivity contribution in [3.05, 3.63) is 53.8 Å². The molecule has 10 heteroatoms. The number of hydrogen-bond donors (Lipinski definition) is 2. The number of rotatable bonds is 5. The van der Waals surface area contributed by atoms with Gasteiger partial charge in [-0.2, -0.15) is 0 Å². The van der Waals surface area contributed by atoms with E-state index in [4.69, 9.17) is 0 Å². The van der Waals surface area contributed by atoms with Crippen LogP contribution in [0.2, 0.25) is 0 Å². The Labute approximate surface area is 178 Å². The van der Waals surface area contributed by atoms with E-state index in [0.29, 0.717) is 29.2 Å². The maximum Gasteiger partial charge on any atom is 0.247 e. The normalized spacial score (nSPS) is 18.8. The molecular weight excluding hydrogens is 429 g/mol. The van der Waals surface area contributed by atoms with Crippen LogP contribution in [0.4, 0.5) is 10.1 Å². The van der Waals surface area contributed by atoms with Gasteiger partial charge in [-0.15, -0.1) is 11.8 Å². The summed E-state index contributed by atoms with van der Waals surface area (Å²) >= 11 is 1.14. The van der Waals surface area contributed by atoms with Gasteiger partial charge in [-0.05, 0) is 48.7 Å². The fourth-order valence-electron chi connectivity index (χ4n) is 3.39. The third-order valence-electron chi connectivity index (χ3n) is 5.02. The molecule has 2 amide bonds. The van der Waals surface area contributed by atoms with Gasteiger partial charge in [0.05, 0.1) is 10.6 Å². The molecule has 1 atom stereocenters. The van der Waals surface area contributed by atoms with Crippen molar-refractivity contribution in [2.75, 3.05) is 18.4 Å². The van der Waals surface area contributed by atoms with Crippen molar-refractivity contribution in [3.8, 4) is 0 Å². The van der Waals surface area contributed by atoms with Crippen LogP contribution in [0.25, 0.3) is 0 Å². The molecule has 0 unspecified atom stereocenters. The largest absolute Gasteiger partial charge is 0.341 e. The minimum absolute atomic E-state index is 0.00594. The Balaban J connectivity index is 1.48. The van der Waals surface area contributed by atoms with Gasteiger partial charge in [-0.25, -0.2) is 17.5 Å². The fourth-order valence-corrected chi connectivity index (χ4v) is 5.48. The fraction of sp³-hybridized carbons (Fsp3) is 0.300. The van der Waals surface area contributed by atoms with E-state index in [1.54, 1.807) is 11.0 Å². The van der Waals surface area contributed by atoms with E-state index >= 15 is 0 Å². The molecule has 2 aromatic rings. The molecular formula is C20H20FN3O4S2. The lowest BCUT2D eigenvalue weighted by atomic mass is 10.2. The van der Waals surface area contributed by atoms with Crippen molar-refractivity contribution in [1.29, 1.82) is 0 Å². The first-order valence-electron chi connectivity index (χ1n) is 9.48. The van der Waals surface area contributed by atoms with Crippen LogP contribution in [0.3, 0.4) is 0 Å². The number of nitrogens with one attached hydrogen (secondary N) is 2. The highest BCUT2D eigenvalue weighted by Gasteiger charge is 2.37. The molecule has 2 aromatic carbocycles. The molecule has 0 bridgehead atoms. The summed E-state index contributed by atoms with van der Waals surface area (Å²) in [7, 11) is -3.84. The molecule has 158 valence electrons. The maximum atomic E-state index is 13.0. The highest BCUT2D eigenvalue weighted by molar-refractivity contribution is 8.01. The Morgan fingerprint density at radius 3 is 2.57 bits per heavy atom. The number of likely N-dealkylation sites (tertiary alicyclic amines) is 1. The van der Waals surface area contributed by atoms with Gasteiger partial charge in [-0.3, -0.25) is 9.59 Å². The van der Waals surface area contributed by atoms with Crippen LogP contribution in [0.1, 0.15) is 18.4 Å². The summed E-state index contributed by atoms with van der Waals surface area (Å²) in [6, 6.07) is 9.93. The lowest BCUT2D eigenvalue weighted by molar-refractivity contribution is -0.133. The zero-order chi connectivity index (χ0) is 21.3. The molecule has 7 nitrogen and oxygen atoms in total. The van der Waals surface area contributed by atoms with E-state index in [0.717, 1.165) is 24.6 Å². The van der Waals surface area contributed by atoms with E-state index in [1.165, 1.54) is 36.4 Å². The van der Waals surface area contributed by atoms with E-state index in [-0.39, 0.29) is 17.3 Å². The third kappa shape index (κ3) is 4.35. The summed E-state index contributed by atoms with van der Waals surface area (Å²) in [6.07, 6.45) is 1.88. The highest BCUT2D eigenvalue weighted by Crippen LogP contribution is 2.38. The molecule has 0 radical (unpaired) electrons. The molecule has 1 fully saturated rings. The number of sulfonamides is 1. The first-order chi connectivity index (χ1) is 14.3. The molecule has 2 aliphatic rings. The highest BCUT2D eigenvalue weighted by atomic mass is 32.2. The first kappa shape index (κ1) is 20.8. The van der Waals surface area contributed by atoms with Gasteiger partial charge in [0, 0.05) is 24.5 Å². The summed E-state index contributed by atoms with van der Waals surface area (Å²) in [4.78, 5) is 27.4. The standard InChI is InChI=1S/C20H20FN3O4S2/c21-14-5-3-13(4-6-14)12-22-30(27,28)15-7-8-17-16(11-15)23-19(25)18(29-17)20(26)24-9-1-2-10-24/h3-8,11,18,22H,1-2,9-10,12H2,(H,23,25)/t18-/m1/s1. The van der Waals surface area contributed by atoms with Gasteiger partial charge in [0.15, 0.2) is 5.25 Å². The number of thioether (sulfide) groups is 1. The van der Waals surface area contributed by atoms with Crippen LogP contribution < -0.4 is 10.0 Å². The molecule has 1 saturated heterocycles. The molecule has 2 heterocycles. The minimum atomic E-state index is -3.84. The molecule has 30 heavy (non-hydrogen) atoms. The summed E-state index contributed by atoms with van der Waals surface area (Å²) in [5.41, 5.74) is 0.977. The average Bonchev–Trinajstić information content (AvgIpc) is 3.27. The minimum Gasteiger partial charge on any atom is -0.341 e. The summed E-state index contributed by atoms with van der Waals surface area (Å²) in [5.74, 6) is -1.05. The van der Waals surface area contributed by atoms with Gasteiger partial charge < -0.3 is 10.2 Å². The molecule has 0 aliphatic carbocycles. The lowest BCUT2D eigenvalue weighted by Crippen LogP contribution is -2.43. The SMILES string of the molecule is O=C1Nc2cc(S(=O)(=O)NCc3ccc(F)cc3)ccc2S[C@H]1C(=O)N1CCCC1. The number of benzene rings is 2. The predicted molar refractivity (Wildman–Crippen MR) is 111 cm³/mol. The second-order valence-corrected chi connectivity index (χ2v) is 10.0. The summed E-state index contributed by atoms with van der Waals surface area (Å²) < 4.78 is 40.7. The van der Waals surface area contributed by atoms with Crippen molar-refractivity contribution in [2.45, 2.75) is 34.4 Å². The van der Waals surface area contributed by atoms with Crippen molar-refractivity contribution in [2.24, 2.45) is 0 Å². The number of halogens is 1. The Kier molecular flexibility index (Phi) is 5.81. The zero-order valence-electron chi connectivity index (χ0n) is 15.9. The second kappa shape index (κ2) is 8.37. The molecule has 2 aliphatic heterocycles. The number of amides is 2. The number of carbonyl (C=O) groups is 2. The number of nitrogens with zero attached hydrogens (tertiary/aromatic N) is 1. The van der Waals surface area contributed by atoms with E-state index in [9.17, 15) is 22.4 Å². The topological polar surface area (TPSA) is 95.6 Å². The van der Waals surface area contributed by atoms with Crippen LogP contribution in [0.5, 0.6) is 0 Å². The van der Waals surface area contributed by atoms with Crippen molar-refractivity contribution < 1.29 is 22.4 Å². The number of anilines is 1. The summed E-state index contributed by atoms with van der Waals surface area (Å²) in [5, 5.41) is 1.80. The second-order valence-electron chi connectivity index (χ2n) is 7.13. The van der Waals surface area contributed by atoms with Gasteiger partial charge in [0.25, 0.3) is 0 Å². The predicted octanol–water partition coefficient (Wildman–Crippen LogP) is 2.34. The van der Waals surface area contributed by atoms with E-state index in [1.807, 2.05) is 0 Å². The maximum absolute atomic E-state index is 13.0. The Bertz CT molecular complexity index is 1080. The Hall–Kier alpha value is -2.43. The molecule has 2 N–H and O–H groups in total. The number of fused-ring (bicyclic) bond motifs is 1. The van der Waals surface area contributed by atoms with E-state index < -0.39 is 27.0 Å². The van der Waals surface area contributed by atoms with Crippen molar-refractivity contribution in [1.82, 2.24) is 9.62 Å². The monoisotopic (exact) mass is 449 g/mol. The zero-order valence-corrected chi connectivity index (χ0v) is 17.6. The average molecular weight is 450 g/mol. The van der Waals surface area contributed by atoms with Gasteiger partial charge in [0.2, 0.25) is 21.8 Å². The molecule has 0 saturated carbocycles. The Morgan fingerprint density at radius 1 is 1.17 bits per heavy atom. The van der Waals surface area contributed by atoms with Crippen LogP contribution in [0.15, 0.2) is 52.3 Å². The van der Waals surface area contributed by atoms with Crippen molar-refractivity contribution in [3.63, 3.8) is 0 Å². The quantitative estimate of drug-likeness (QED) is 0.684. The van der Waals surface area contributed by atoms with E-state index in [2.05, 4.69) is 10.0 Å². The molecule has 0 spiro atoms. The first-order valence-corrected chi connectivity index (χ1v) is 11.8. The smallest absolute Gasteiger partial charge is 0.247 e. The summed E-state index contributed by atoms with van der Waals surface area (Å²) in [6.45, 7) is 1.33.